The molecule has 4 heteroatoms. The Labute approximate surface area is 82.4 Å². The van der Waals surface area contributed by atoms with E-state index in [2.05, 4.69) is 10.3 Å². The second-order valence-corrected chi connectivity index (χ2v) is 4.74. The molecule has 13 heavy (non-hydrogen) atoms. The fourth-order valence-electron chi connectivity index (χ4n) is 1.70. The van der Waals surface area contributed by atoms with Gasteiger partial charge in [-0.3, -0.25) is 9.79 Å². The lowest BCUT2D eigenvalue weighted by Gasteiger charge is -2.06. The van der Waals surface area contributed by atoms with Crippen LogP contribution in [0.1, 0.15) is 26.2 Å². The van der Waals surface area contributed by atoms with E-state index in [4.69, 9.17) is 0 Å². The maximum atomic E-state index is 11.3. The van der Waals surface area contributed by atoms with Crippen molar-refractivity contribution in [3.05, 3.63) is 0 Å². The van der Waals surface area contributed by atoms with E-state index in [1.54, 1.807) is 0 Å². The molecule has 0 aromatic rings. The Morgan fingerprint density at radius 1 is 1.69 bits per heavy atom. The van der Waals surface area contributed by atoms with Crippen LogP contribution in [0.2, 0.25) is 0 Å². The summed E-state index contributed by atoms with van der Waals surface area (Å²) in [4.78, 5) is 15.7. The standard InChI is InChI=1S/C9H14N2OS/c1-2-6-9(12)11-8(10-6)7-4-3-5-13-7/h6-7H,2-5H2,1H3,(H,10,11,12). The van der Waals surface area contributed by atoms with E-state index in [9.17, 15) is 4.79 Å². The molecular weight excluding hydrogens is 184 g/mol. The van der Waals surface area contributed by atoms with Crippen LogP contribution in [0.3, 0.4) is 0 Å². The number of amides is 1. The number of aliphatic imine (C=N–C) groups is 1. The number of carbonyl (C=O) groups is 1. The summed E-state index contributed by atoms with van der Waals surface area (Å²) in [6.07, 6.45) is 3.23. The Hall–Kier alpha value is -0.510. The Kier molecular flexibility index (Phi) is 2.58. The van der Waals surface area contributed by atoms with E-state index < -0.39 is 0 Å². The summed E-state index contributed by atoms with van der Waals surface area (Å²) in [5, 5.41) is 3.35. The van der Waals surface area contributed by atoms with Crippen LogP contribution in [-0.4, -0.2) is 28.8 Å². The van der Waals surface area contributed by atoms with Crippen LogP contribution in [0.4, 0.5) is 0 Å². The van der Waals surface area contributed by atoms with Crippen molar-refractivity contribution in [2.45, 2.75) is 37.5 Å². The molecule has 1 N–H and O–H groups in total. The van der Waals surface area contributed by atoms with Crippen molar-refractivity contribution < 1.29 is 4.79 Å². The highest BCUT2D eigenvalue weighted by Gasteiger charge is 2.30. The summed E-state index contributed by atoms with van der Waals surface area (Å²) in [7, 11) is 0. The molecule has 72 valence electrons. The molecule has 0 spiro atoms. The van der Waals surface area contributed by atoms with Crippen molar-refractivity contribution in [2.75, 3.05) is 5.75 Å². The van der Waals surface area contributed by atoms with E-state index >= 15 is 0 Å². The van der Waals surface area contributed by atoms with Crippen molar-refractivity contribution >= 4 is 23.5 Å². The smallest absolute Gasteiger partial charge is 0.250 e. The molecule has 2 atom stereocenters. The predicted octanol–water partition coefficient (Wildman–Crippen LogP) is 1.19. The maximum absolute atomic E-state index is 11.3. The van der Waals surface area contributed by atoms with Gasteiger partial charge in [0.2, 0.25) is 5.91 Å². The zero-order valence-corrected chi connectivity index (χ0v) is 8.56. The average molecular weight is 198 g/mol. The van der Waals surface area contributed by atoms with Crippen molar-refractivity contribution in [1.29, 1.82) is 0 Å². The number of nitrogens with one attached hydrogen (secondary N) is 1. The van der Waals surface area contributed by atoms with Crippen LogP contribution in [-0.2, 0) is 4.79 Å². The predicted molar refractivity (Wildman–Crippen MR) is 55.1 cm³/mol. The minimum atomic E-state index is -0.115. The molecule has 1 amide bonds. The van der Waals surface area contributed by atoms with Gasteiger partial charge in [0.25, 0.3) is 0 Å². The molecule has 1 fully saturated rings. The lowest BCUT2D eigenvalue weighted by molar-refractivity contribution is -0.120. The van der Waals surface area contributed by atoms with Gasteiger partial charge in [0.1, 0.15) is 11.9 Å². The number of amidine groups is 1. The second kappa shape index (κ2) is 3.70. The molecule has 0 aromatic heterocycles. The Morgan fingerprint density at radius 2 is 2.54 bits per heavy atom. The number of hydrogen-bond donors (Lipinski definition) is 1. The monoisotopic (exact) mass is 198 g/mol. The molecule has 2 unspecified atom stereocenters. The van der Waals surface area contributed by atoms with Gasteiger partial charge in [0.15, 0.2) is 0 Å². The summed E-state index contributed by atoms with van der Waals surface area (Å²) in [6, 6.07) is -0.115. The zero-order valence-electron chi connectivity index (χ0n) is 7.75. The molecule has 0 aromatic carbocycles. The van der Waals surface area contributed by atoms with Crippen LogP contribution in [0.15, 0.2) is 4.99 Å². The number of carbonyl (C=O) groups excluding carboxylic acids is 1. The van der Waals surface area contributed by atoms with E-state index in [1.807, 2.05) is 18.7 Å². The molecule has 2 rings (SSSR count). The minimum Gasteiger partial charge on any atom is -0.312 e. The van der Waals surface area contributed by atoms with Crippen molar-refractivity contribution in [2.24, 2.45) is 4.99 Å². The molecular formula is C9H14N2OS. The second-order valence-electron chi connectivity index (χ2n) is 3.43. The van der Waals surface area contributed by atoms with Crippen LogP contribution in [0, 0.1) is 0 Å². The van der Waals surface area contributed by atoms with Gasteiger partial charge in [-0.05, 0) is 25.0 Å². The van der Waals surface area contributed by atoms with Gasteiger partial charge < -0.3 is 5.32 Å². The fraction of sp³-hybridized carbons (Fsp3) is 0.778. The molecule has 2 heterocycles. The first kappa shape index (κ1) is 9.06. The summed E-state index contributed by atoms with van der Waals surface area (Å²) in [5.41, 5.74) is 0. The van der Waals surface area contributed by atoms with Crippen LogP contribution in [0.25, 0.3) is 0 Å². The Bertz CT molecular complexity index is 246. The first-order valence-corrected chi connectivity index (χ1v) is 5.86. The normalized spacial score (nSPS) is 33.3. The van der Waals surface area contributed by atoms with Crippen molar-refractivity contribution in [1.82, 2.24) is 5.32 Å². The topological polar surface area (TPSA) is 41.5 Å². The van der Waals surface area contributed by atoms with Crippen LogP contribution >= 0.6 is 11.8 Å². The first-order chi connectivity index (χ1) is 6.31. The number of thioether (sulfide) groups is 1. The summed E-state index contributed by atoms with van der Waals surface area (Å²) < 4.78 is 0. The van der Waals surface area contributed by atoms with Gasteiger partial charge in [0.05, 0.1) is 5.25 Å². The van der Waals surface area contributed by atoms with Crippen molar-refractivity contribution in [3.63, 3.8) is 0 Å². The fourth-order valence-corrected chi connectivity index (χ4v) is 2.93. The third-order valence-corrected chi connectivity index (χ3v) is 3.86. The van der Waals surface area contributed by atoms with Crippen LogP contribution in [0.5, 0.6) is 0 Å². The molecule has 0 bridgehead atoms. The Balaban J connectivity index is 2.04. The largest absolute Gasteiger partial charge is 0.312 e. The van der Waals surface area contributed by atoms with E-state index in [-0.39, 0.29) is 11.9 Å². The third kappa shape index (κ3) is 1.73. The quantitative estimate of drug-likeness (QED) is 0.724. The molecule has 2 aliphatic rings. The molecule has 1 saturated heterocycles. The molecule has 0 saturated carbocycles. The average Bonchev–Trinajstić information content (AvgIpc) is 2.71. The summed E-state index contributed by atoms with van der Waals surface area (Å²) in [5.74, 6) is 2.22. The van der Waals surface area contributed by atoms with E-state index in [0.717, 1.165) is 12.3 Å². The molecule has 0 aliphatic carbocycles. The van der Waals surface area contributed by atoms with Crippen molar-refractivity contribution in [3.8, 4) is 0 Å². The van der Waals surface area contributed by atoms with E-state index in [1.165, 1.54) is 18.6 Å². The SMILES string of the molecule is CCC1N=C(C2CCCS2)NC1=O. The molecule has 2 aliphatic heterocycles. The minimum absolute atomic E-state index is 0.0880. The summed E-state index contributed by atoms with van der Waals surface area (Å²) in [6.45, 7) is 2.00. The Morgan fingerprint density at radius 3 is 3.08 bits per heavy atom. The highest BCUT2D eigenvalue weighted by molar-refractivity contribution is 8.00. The third-order valence-electron chi connectivity index (χ3n) is 2.47. The molecule has 3 nitrogen and oxygen atoms in total. The van der Waals surface area contributed by atoms with Gasteiger partial charge in [-0.2, -0.15) is 11.8 Å². The van der Waals surface area contributed by atoms with E-state index in [0.29, 0.717) is 5.25 Å². The highest BCUT2D eigenvalue weighted by Crippen LogP contribution is 2.28. The van der Waals surface area contributed by atoms with Gasteiger partial charge in [-0.15, -0.1) is 0 Å². The van der Waals surface area contributed by atoms with Gasteiger partial charge >= 0.3 is 0 Å². The lowest BCUT2D eigenvalue weighted by Crippen LogP contribution is -2.33. The van der Waals surface area contributed by atoms with Crippen LogP contribution < -0.4 is 5.32 Å². The maximum Gasteiger partial charge on any atom is 0.250 e. The number of hydrogen-bond acceptors (Lipinski definition) is 3. The first-order valence-electron chi connectivity index (χ1n) is 4.81. The van der Waals surface area contributed by atoms with Gasteiger partial charge in [0, 0.05) is 0 Å². The number of rotatable bonds is 2. The van der Waals surface area contributed by atoms with Gasteiger partial charge in [-0.1, -0.05) is 6.92 Å². The lowest BCUT2D eigenvalue weighted by atomic mass is 10.2. The molecule has 0 radical (unpaired) electrons. The number of nitrogens with zero attached hydrogens (tertiary/aromatic N) is 1. The van der Waals surface area contributed by atoms with Gasteiger partial charge in [-0.25, -0.2) is 0 Å². The summed E-state index contributed by atoms with van der Waals surface area (Å²) >= 11 is 1.91. The zero-order chi connectivity index (χ0) is 9.26. The highest BCUT2D eigenvalue weighted by atomic mass is 32.2.